The van der Waals surface area contributed by atoms with E-state index >= 15 is 0 Å². The zero-order valence-corrected chi connectivity index (χ0v) is 8.79. The van der Waals surface area contributed by atoms with Gasteiger partial charge in [-0.2, -0.15) is 12.6 Å². The summed E-state index contributed by atoms with van der Waals surface area (Å²) in [5.41, 5.74) is 0. The molecule has 1 aliphatic heterocycles. The van der Waals surface area contributed by atoms with Gasteiger partial charge in [-0.1, -0.05) is 0 Å². The topological polar surface area (TPSA) is 38.8 Å². The van der Waals surface area contributed by atoms with E-state index in [0.29, 0.717) is 19.5 Å². The summed E-state index contributed by atoms with van der Waals surface area (Å²) in [5, 5.41) is 0.155. The van der Waals surface area contributed by atoms with Crippen LogP contribution in [-0.2, 0) is 14.3 Å². The van der Waals surface area contributed by atoms with Gasteiger partial charge in [0.05, 0.1) is 6.54 Å². The summed E-state index contributed by atoms with van der Waals surface area (Å²) < 4.78 is 10.0. The minimum atomic E-state index is -0.331. The van der Waals surface area contributed by atoms with Crippen molar-refractivity contribution in [3.63, 3.8) is 0 Å². The largest absolute Gasteiger partial charge is 0.354 e. The first-order valence-electron chi connectivity index (χ1n) is 4.18. The molecule has 1 fully saturated rings. The van der Waals surface area contributed by atoms with Crippen LogP contribution in [0.5, 0.6) is 0 Å². The lowest BCUT2D eigenvalue weighted by Crippen LogP contribution is -2.35. The highest BCUT2D eigenvalue weighted by molar-refractivity contribution is 7.81. The molecule has 1 atom stereocenters. The van der Waals surface area contributed by atoms with Crippen molar-refractivity contribution in [3.8, 4) is 0 Å². The monoisotopic (exact) mass is 205 g/mol. The number of hydrogen-bond donors (Lipinski definition) is 1. The van der Waals surface area contributed by atoms with Crippen LogP contribution in [0.15, 0.2) is 0 Å². The molecule has 1 heterocycles. The van der Waals surface area contributed by atoms with Crippen LogP contribution in [0.1, 0.15) is 6.42 Å². The number of carbonyl (C=O) groups excluding carboxylic acids is 1. The molecule has 1 rings (SSSR count). The molecule has 4 nitrogen and oxygen atoms in total. The number of thiol groups is 1. The van der Waals surface area contributed by atoms with E-state index in [1.165, 1.54) is 0 Å². The molecule has 0 aromatic rings. The molecular formula is C8H15NO3S. The van der Waals surface area contributed by atoms with Crippen molar-refractivity contribution in [2.75, 3.05) is 27.3 Å². The lowest BCUT2D eigenvalue weighted by molar-refractivity contribution is -0.141. The Kier molecular flexibility index (Phi) is 4.02. The highest BCUT2D eigenvalue weighted by atomic mass is 32.1. The lowest BCUT2D eigenvalue weighted by Gasteiger charge is -2.21. The van der Waals surface area contributed by atoms with Crippen LogP contribution in [0.3, 0.4) is 0 Å². The quantitative estimate of drug-likeness (QED) is 0.524. The second-order valence-corrected chi connectivity index (χ2v) is 3.79. The van der Waals surface area contributed by atoms with Gasteiger partial charge in [-0.25, -0.2) is 0 Å². The molecule has 1 aliphatic rings. The van der Waals surface area contributed by atoms with Crippen LogP contribution in [0.4, 0.5) is 0 Å². The molecule has 1 amide bonds. The number of amides is 1. The summed E-state index contributed by atoms with van der Waals surface area (Å²) in [6, 6.07) is 0. The van der Waals surface area contributed by atoms with Gasteiger partial charge >= 0.3 is 0 Å². The number of rotatable bonds is 4. The predicted molar refractivity (Wildman–Crippen MR) is 51.8 cm³/mol. The summed E-state index contributed by atoms with van der Waals surface area (Å²) in [6.07, 6.45) is 0.186. The minimum Gasteiger partial charge on any atom is -0.354 e. The molecule has 76 valence electrons. The summed E-state index contributed by atoms with van der Waals surface area (Å²) in [4.78, 5) is 13.0. The fourth-order valence-corrected chi connectivity index (χ4v) is 1.71. The maximum absolute atomic E-state index is 11.3. The standard InChI is InChI=1S/C8H15NO3S/c1-11-8(12-2)5-9-4-6(13)3-7(9)10/h6,8,13H,3-5H2,1-2H3. The first kappa shape index (κ1) is 10.8. The zero-order chi connectivity index (χ0) is 9.84. The summed E-state index contributed by atoms with van der Waals surface area (Å²) >= 11 is 4.25. The van der Waals surface area contributed by atoms with Gasteiger partial charge in [0.1, 0.15) is 0 Å². The van der Waals surface area contributed by atoms with Gasteiger partial charge in [0, 0.05) is 32.4 Å². The fraction of sp³-hybridized carbons (Fsp3) is 0.875. The first-order valence-corrected chi connectivity index (χ1v) is 4.70. The van der Waals surface area contributed by atoms with Gasteiger partial charge in [-0.3, -0.25) is 4.79 Å². The Morgan fingerprint density at radius 3 is 2.62 bits per heavy atom. The third-order valence-corrected chi connectivity index (χ3v) is 2.44. The van der Waals surface area contributed by atoms with Crippen molar-refractivity contribution in [1.29, 1.82) is 0 Å². The maximum atomic E-state index is 11.3. The molecule has 0 spiro atoms. The van der Waals surface area contributed by atoms with Gasteiger partial charge in [0.25, 0.3) is 0 Å². The highest BCUT2D eigenvalue weighted by Crippen LogP contribution is 2.16. The Labute approximate surface area is 83.6 Å². The predicted octanol–water partition coefficient (Wildman–Crippen LogP) is 0.136. The number of nitrogens with zero attached hydrogens (tertiary/aromatic N) is 1. The van der Waals surface area contributed by atoms with Crippen molar-refractivity contribution in [2.45, 2.75) is 18.0 Å². The molecule has 13 heavy (non-hydrogen) atoms. The highest BCUT2D eigenvalue weighted by Gasteiger charge is 2.28. The molecule has 1 unspecified atom stereocenters. The summed E-state index contributed by atoms with van der Waals surface area (Å²) in [5.74, 6) is 0.124. The van der Waals surface area contributed by atoms with Crippen molar-refractivity contribution in [3.05, 3.63) is 0 Å². The van der Waals surface area contributed by atoms with Crippen LogP contribution < -0.4 is 0 Å². The van der Waals surface area contributed by atoms with E-state index < -0.39 is 0 Å². The van der Waals surface area contributed by atoms with Crippen molar-refractivity contribution in [1.82, 2.24) is 4.90 Å². The van der Waals surface area contributed by atoms with Crippen LogP contribution in [0, 0.1) is 0 Å². The molecule has 0 N–H and O–H groups in total. The van der Waals surface area contributed by atoms with Crippen molar-refractivity contribution in [2.24, 2.45) is 0 Å². The van der Waals surface area contributed by atoms with Crippen LogP contribution in [0.2, 0.25) is 0 Å². The van der Waals surface area contributed by atoms with E-state index in [-0.39, 0.29) is 17.4 Å². The molecule has 0 radical (unpaired) electrons. The summed E-state index contributed by atoms with van der Waals surface area (Å²) in [6.45, 7) is 1.17. The Bertz CT molecular complexity index is 184. The van der Waals surface area contributed by atoms with Gasteiger partial charge in [-0.15, -0.1) is 0 Å². The molecule has 5 heteroatoms. The van der Waals surface area contributed by atoms with Crippen LogP contribution >= 0.6 is 12.6 Å². The van der Waals surface area contributed by atoms with E-state index in [1.807, 2.05) is 0 Å². The number of methoxy groups -OCH3 is 2. The second-order valence-electron chi connectivity index (χ2n) is 3.06. The molecule has 0 bridgehead atoms. The zero-order valence-electron chi connectivity index (χ0n) is 7.90. The van der Waals surface area contributed by atoms with E-state index in [4.69, 9.17) is 9.47 Å². The maximum Gasteiger partial charge on any atom is 0.223 e. The lowest BCUT2D eigenvalue weighted by atomic mass is 10.4. The SMILES string of the molecule is COC(CN1CC(S)CC1=O)OC. The average Bonchev–Trinajstić information content (AvgIpc) is 2.41. The summed E-state index contributed by atoms with van der Waals surface area (Å²) in [7, 11) is 3.12. The minimum absolute atomic E-state index is 0.124. The van der Waals surface area contributed by atoms with Gasteiger partial charge in [0.15, 0.2) is 6.29 Å². The first-order chi connectivity index (χ1) is 6.17. The van der Waals surface area contributed by atoms with E-state index in [9.17, 15) is 4.79 Å². The van der Waals surface area contributed by atoms with Gasteiger partial charge in [0.2, 0.25) is 5.91 Å². The fourth-order valence-electron chi connectivity index (χ4n) is 1.35. The Balaban J connectivity index is 2.40. The van der Waals surface area contributed by atoms with E-state index in [2.05, 4.69) is 12.6 Å². The molecule has 0 saturated carbocycles. The molecule has 0 aliphatic carbocycles. The third kappa shape index (κ3) is 2.86. The van der Waals surface area contributed by atoms with E-state index in [1.54, 1.807) is 19.1 Å². The number of ether oxygens (including phenoxy) is 2. The molecule has 0 aromatic heterocycles. The Hall–Kier alpha value is -0.260. The van der Waals surface area contributed by atoms with Crippen molar-refractivity contribution < 1.29 is 14.3 Å². The van der Waals surface area contributed by atoms with E-state index in [0.717, 1.165) is 0 Å². The normalized spacial score (nSPS) is 23.2. The number of likely N-dealkylation sites (tertiary alicyclic amines) is 1. The van der Waals surface area contributed by atoms with Crippen molar-refractivity contribution >= 4 is 18.5 Å². The van der Waals surface area contributed by atoms with Gasteiger partial charge in [-0.05, 0) is 0 Å². The molecule has 0 aromatic carbocycles. The van der Waals surface area contributed by atoms with Gasteiger partial charge < -0.3 is 14.4 Å². The Morgan fingerprint density at radius 1 is 1.62 bits per heavy atom. The van der Waals surface area contributed by atoms with Crippen LogP contribution in [-0.4, -0.2) is 49.7 Å². The smallest absolute Gasteiger partial charge is 0.223 e. The second kappa shape index (κ2) is 4.83. The average molecular weight is 205 g/mol. The molecular weight excluding hydrogens is 190 g/mol. The Morgan fingerprint density at radius 2 is 2.23 bits per heavy atom. The number of carbonyl (C=O) groups is 1. The third-order valence-electron chi connectivity index (χ3n) is 2.09. The number of hydrogen-bond acceptors (Lipinski definition) is 4. The molecule has 1 saturated heterocycles. The van der Waals surface area contributed by atoms with Crippen LogP contribution in [0.25, 0.3) is 0 Å².